The molecule has 0 atom stereocenters. The highest BCUT2D eigenvalue weighted by Crippen LogP contribution is 2.22. The molecule has 0 fully saturated rings. The molecule has 0 heterocycles. The molecule has 2 aromatic rings. The number of anilines is 1. The van der Waals surface area contributed by atoms with Crippen LogP contribution in [0.3, 0.4) is 0 Å². The van der Waals surface area contributed by atoms with Crippen LogP contribution in [-0.2, 0) is 6.54 Å². The zero-order chi connectivity index (χ0) is 14.5. The third-order valence-corrected chi connectivity index (χ3v) is 3.02. The van der Waals surface area contributed by atoms with E-state index in [1.54, 1.807) is 25.1 Å². The van der Waals surface area contributed by atoms with E-state index in [0.29, 0.717) is 18.8 Å². The highest BCUT2D eigenvalue weighted by molar-refractivity contribution is 6.30. The van der Waals surface area contributed by atoms with Crippen molar-refractivity contribution in [3.63, 3.8) is 0 Å². The van der Waals surface area contributed by atoms with Gasteiger partial charge in [-0.15, -0.1) is 0 Å². The van der Waals surface area contributed by atoms with Crippen LogP contribution in [0.2, 0.25) is 5.02 Å². The van der Waals surface area contributed by atoms with E-state index in [1.807, 2.05) is 0 Å². The molecule has 5 heteroatoms. The van der Waals surface area contributed by atoms with E-state index >= 15 is 0 Å². The smallest absolute Gasteiger partial charge is 0.167 e. The lowest BCUT2D eigenvalue weighted by Crippen LogP contribution is -2.01. The predicted molar refractivity (Wildman–Crippen MR) is 76.3 cm³/mol. The molecule has 0 saturated carbocycles. The predicted octanol–water partition coefficient (Wildman–Crippen LogP) is 4.63. The molecule has 106 valence electrons. The molecule has 20 heavy (non-hydrogen) atoms. The summed E-state index contributed by atoms with van der Waals surface area (Å²) in [7, 11) is 0. The summed E-state index contributed by atoms with van der Waals surface area (Å²) in [5.74, 6) is -0.682. The molecule has 0 saturated heterocycles. The number of hydrogen-bond donors (Lipinski definition) is 1. The summed E-state index contributed by atoms with van der Waals surface area (Å²) in [6.07, 6.45) is 0. The zero-order valence-corrected chi connectivity index (χ0v) is 11.7. The van der Waals surface area contributed by atoms with Crippen LogP contribution in [0.15, 0.2) is 36.4 Å². The minimum absolute atomic E-state index is 0.0841. The van der Waals surface area contributed by atoms with Gasteiger partial charge in [-0.05, 0) is 36.8 Å². The molecule has 0 spiro atoms. The monoisotopic (exact) mass is 297 g/mol. The first-order chi connectivity index (χ1) is 9.60. The summed E-state index contributed by atoms with van der Waals surface area (Å²) in [6, 6.07) is 9.16. The summed E-state index contributed by atoms with van der Waals surface area (Å²) in [5, 5.41) is 3.10. The fourth-order valence-corrected chi connectivity index (χ4v) is 1.85. The van der Waals surface area contributed by atoms with Gasteiger partial charge in [0.05, 0.1) is 11.6 Å². The Hall–Kier alpha value is -1.81. The van der Waals surface area contributed by atoms with E-state index in [2.05, 4.69) is 5.32 Å². The zero-order valence-electron chi connectivity index (χ0n) is 10.9. The highest BCUT2D eigenvalue weighted by atomic mass is 35.5. The third kappa shape index (κ3) is 3.61. The molecule has 0 aliphatic heterocycles. The molecule has 0 aliphatic rings. The topological polar surface area (TPSA) is 21.3 Å². The van der Waals surface area contributed by atoms with Gasteiger partial charge in [0.15, 0.2) is 11.6 Å². The second-order valence-electron chi connectivity index (χ2n) is 4.18. The van der Waals surface area contributed by atoms with Crippen LogP contribution in [0.5, 0.6) is 5.75 Å². The van der Waals surface area contributed by atoms with Crippen molar-refractivity contribution in [3.05, 3.63) is 58.6 Å². The number of ether oxygens (including phenoxy) is 1. The number of halogens is 3. The lowest BCUT2D eigenvalue weighted by Gasteiger charge is -2.09. The van der Waals surface area contributed by atoms with Gasteiger partial charge in [-0.2, -0.15) is 0 Å². The molecule has 0 aromatic heterocycles. The molecule has 2 aromatic carbocycles. The molecule has 0 unspecified atom stereocenters. The average molecular weight is 298 g/mol. The summed E-state index contributed by atoms with van der Waals surface area (Å²) < 4.78 is 32.0. The minimum Gasteiger partial charge on any atom is -0.491 e. The normalized spacial score (nSPS) is 10.4. The van der Waals surface area contributed by atoms with Crippen LogP contribution in [0, 0.1) is 11.6 Å². The molecule has 0 radical (unpaired) electrons. The van der Waals surface area contributed by atoms with Crippen LogP contribution >= 0.6 is 11.6 Å². The van der Waals surface area contributed by atoms with E-state index in [9.17, 15) is 8.78 Å². The maximum absolute atomic E-state index is 13.6. The van der Waals surface area contributed by atoms with Crippen molar-refractivity contribution in [1.29, 1.82) is 0 Å². The van der Waals surface area contributed by atoms with Crippen LogP contribution in [0.1, 0.15) is 12.5 Å². The summed E-state index contributed by atoms with van der Waals surface area (Å²) in [5.41, 5.74) is 1.32. The fraction of sp³-hybridized carbons (Fsp3) is 0.200. The van der Waals surface area contributed by atoms with Crippen LogP contribution in [-0.4, -0.2) is 6.61 Å². The third-order valence-electron chi connectivity index (χ3n) is 2.71. The lowest BCUT2D eigenvalue weighted by molar-refractivity contribution is 0.321. The highest BCUT2D eigenvalue weighted by Gasteiger charge is 2.05. The Morgan fingerprint density at radius 3 is 2.55 bits per heavy atom. The number of hydrogen-bond acceptors (Lipinski definition) is 2. The van der Waals surface area contributed by atoms with Crippen molar-refractivity contribution in [2.24, 2.45) is 0 Å². The number of nitrogens with one attached hydrogen (secondary N) is 1. The van der Waals surface area contributed by atoms with Crippen molar-refractivity contribution >= 4 is 17.3 Å². The molecular formula is C15H14ClF2NO. The van der Waals surface area contributed by atoms with E-state index in [4.69, 9.17) is 16.3 Å². The van der Waals surface area contributed by atoms with Crippen LogP contribution in [0.4, 0.5) is 14.5 Å². The van der Waals surface area contributed by atoms with E-state index < -0.39 is 11.6 Å². The Morgan fingerprint density at radius 2 is 1.90 bits per heavy atom. The van der Waals surface area contributed by atoms with Crippen LogP contribution < -0.4 is 10.1 Å². The summed E-state index contributed by atoms with van der Waals surface area (Å²) in [6.45, 7) is 2.58. The van der Waals surface area contributed by atoms with Gasteiger partial charge in [0.1, 0.15) is 5.82 Å². The standard InChI is InChI=1S/C15H14ClF2NO/c1-2-20-15-6-4-11(8-14(15)18)19-9-10-3-5-12(16)13(17)7-10/h3-8,19H,2,9H2,1H3. The first-order valence-corrected chi connectivity index (χ1v) is 6.58. The molecule has 2 nitrogen and oxygen atoms in total. The van der Waals surface area contributed by atoms with Crippen molar-refractivity contribution in [2.45, 2.75) is 13.5 Å². The van der Waals surface area contributed by atoms with Crippen molar-refractivity contribution in [3.8, 4) is 5.75 Å². The van der Waals surface area contributed by atoms with Crippen LogP contribution in [0.25, 0.3) is 0 Å². The van der Waals surface area contributed by atoms with Gasteiger partial charge in [0, 0.05) is 18.3 Å². The van der Waals surface area contributed by atoms with E-state index in [0.717, 1.165) is 5.56 Å². The van der Waals surface area contributed by atoms with Crippen molar-refractivity contribution in [1.82, 2.24) is 0 Å². The summed E-state index contributed by atoms with van der Waals surface area (Å²) in [4.78, 5) is 0. The second kappa shape index (κ2) is 6.57. The maximum atomic E-state index is 13.6. The largest absolute Gasteiger partial charge is 0.491 e. The van der Waals surface area contributed by atoms with Gasteiger partial charge in [-0.3, -0.25) is 0 Å². The number of rotatable bonds is 5. The Balaban J connectivity index is 2.03. The Kier molecular flexibility index (Phi) is 4.79. The van der Waals surface area contributed by atoms with Gasteiger partial charge >= 0.3 is 0 Å². The Morgan fingerprint density at radius 1 is 1.10 bits per heavy atom. The molecule has 0 amide bonds. The van der Waals surface area contributed by atoms with E-state index in [1.165, 1.54) is 18.2 Å². The fourth-order valence-electron chi connectivity index (χ4n) is 1.74. The van der Waals surface area contributed by atoms with Crippen molar-refractivity contribution in [2.75, 3.05) is 11.9 Å². The van der Waals surface area contributed by atoms with Crippen molar-refractivity contribution < 1.29 is 13.5 Å². The van der Waals surface area contributed by atoms with Gasteiger partial charge in [0.25, 0.3) is 0 Å². The summed E-state index contributed by atoms with van der Waals surface area (Å²) >= 11 is 5.61. The Labute approximate surface area is 121 Å². The first kappa shape index (κ1) is 14.6. The van der Waals surface area contributed by atoms with E-state index in [-0.39, 0.29) is 10.8 Å². The molecular weight excluding hydrogens is 284 g/mol. The van der Waals surface area contributed by atoms with Gasteiger partial charge in [0.2, 0.25) is 0 Å². The quantitative estimate of drug-likeness (QED) is 0.869. The maximum Gasteiger partial charge on any atom is 0.167 e. The van der Waals surface area contributed by atoms with Gasteiger partial charge in [-0.1, -0.05) is 17.7 Å². The molecule has 2 rings (SSSR count). The SMILES string of the molecule is CCOc1ccc(NCc2ccc(Cl)c(F)c2)cc1F. The molecule has 1 N–H and O–H groups in total. The average Bonchev–Trinajstić information content (AvgIpc) is 2.43. The Bertz CT molecular complexity index is 604. The first-order valence-electron chi connectivity index (χ1n) is 6.20. The number of benzene rings is 2. The van der Waals surface area contributed by atoms with Gasteiger partial charge < -0.3 is 10.1 Å². The molecule has 0 bridgehead atoms. The van der Waals surface area contributed by atoms with Gasteiger partial charge in [-0.25, -0.2) is 8.78 Å². The lowest BCUT2D eigenvalue weighted by atomic mass is 10.2. The minimum atomic E-state index is -0.469. The second-order valence-corrected chi connectivity index (χ2v) is 4.59. The molecule has 0 aliphatic carbocycles.